The molecule has 4 atom stereocenters. The third kappa shape index (κ3) is 3.29. The molecule has 2 bridgehead atoms. The Kier molecular flexibility index (Phi) is 4.89. The molecule has 9 heteroatoms. The molecule has 28 heavy (non-hydrogen) atoms. The second kappa shape index (κ2) is 7.22. The number of anilines is 1. The number of allylic oxidation sites excluding steroid dienone is 2. The predicted octanol–water partition coefficient (Wildman–Crippen LogP) is 2.28. The van der Waals surface area contributed by atoms with Crippen LogP contribution in [0.15, 0.2) is 30.4 Å². The molecule has 0 radical (unpaired) electrons. The summed E-state index contributed by atoms with van der Waals surface area (Å²) in [4.78, 5) is 50.0. The molecule has 1 aromatic rings. The molecule has 1 saturated heterocycles. The molecule has 1 heterocycles. The molecule has 146 valence electrons. The fraction of sp³-hybridized carbons (Fsp3) is 0.368. The van der Waals surface area contributed by atoms with Crippen LogP contribution in [0.3, 0.4) is 0 Å². The van der Waals surface area contributed by atoms with Crippen molar-refractivity contribution in [2.24, 2.45) is 23.7 Å². The zero-order valence-electron chi connectivity index (χ0n) is 14.6. The Morgan fingerprint density at radius 1 is 1.11 bits per heavy atom. The van der Waals surface area contributed by atoms with Gasteiger partial charge in [0.2, 0.25) is 11.8 Å². The molecule has 1 saturated carbocycles. The molecule has 2 fully saturated rings. The molecule has 0 unspecified atom stereocenters. The van der Waals surface area contributed by atoms with Gasteiger partial charge in [-0.15, -0.1) is 0 Å². The quantitative estimate of drug-likeness (QED) is 0.446. The van der Waals surface area contributed by atoms with Gasteiger partial charge in [0, 0.05) is 5.02 Å². The van der Waals surface area contributed by atoms with Gasteiger partial charge >= 0.3 is 5.97 Å². The number of rotatable bonds is 5. The standard InChI is InChI=1S/C19H16Cl2N2O5/c20-11-3-4-12(21)13(6-11)22-14(24)8-28-15(25)7-23-18(26)16-9-1-2-10(5-9)17(16)19(23)27/h1-4,6,9-10,16-17H,5,7-8H2,(H,22,24)/t9-,10-,16-,17-/m0/s1. The lowest BCUT2D eigenvalue weighted by Crippen LogP contribution is -2.38. The number of hydrogen-bond donors (Lipinski definition) is 1. The number of carbonyl (C=O) groups is 4. The maximum absolute atomic E-state index is 12.5. The zero-order chi connectivity index (χ0) is 20.0. The fourth-order valence-corrected chi connectivity index (χ4v) is 4.56. The molecule has 7 nitrogen and oxygen atoms in total. The van der Waals surface area contributed by atoms with Gasteiger partial charge in [-0.3, -0.25) is 24.1 Å². The van der Waals surface area contributed by atoms with Gasteiger partial charge in [0.25, 0.3) is 5.91 Å². The van der Waals surface area contributed by atoms with Crippen LogP contribution >= 0.6 is 23.2 Å². The van der Waals surface area contributed by atoms with Crippen molar-refractivity contribution < 1.29 is 23.9 Å². The molecule has 1 aliphatic heterocycles. The third-order valence-corrected chi connectivity index (χ3v) is 5.98. The number of fused-ring (bicyclic) bond motifs is 5. The van der Waals surface area contributed by atoms with Crippen LogP contribution in [0.1, 0.15) is 6.42 Å². The summed E-state index contributed by atoms with van der Waals surface area (Å²) in [6.45, 7) is -1.06. The first kappa shape index (κ1) is 19.0. The number of imide groups is 1. The second-order valence-corrected chi connectivity index (χ2v) is 7.94. The van der Waals surface area contributed by atoms with E-state index in [9.17, 15) is 19.2 Å². The average molecular weight is 423 g/mol. The highest BCUT2D eigenvalue weighted by Crippen LogP contribution is 2.52. The van der Waals surface area contributed by atoms with Gasteiger partial charge in [0.05, 0.1) is 22.5 Å². The fourth-order valence-electron chi connectivity index (χ4n) is 4.22. The number of nitrogens with zero attached hydrogens (tertiary/aromatic N) is 1. The van der Waals surface area contributed by atoms with Crippen molar-refractivity contribution in [3.63, 3.8) is 0 Å². The van der Waals surface area contributed by atoms with E-state index in [1.54, 1.807) is 6.07 Å². The Morgan fingerprint density at radius 3 is 2.39 bits per heavy atom. The summed E-state index contributed by atoms with van der Waals surface area (Å²) in [5.41, 5.74) is 0.288. The van der Waals surface area contributed by atoms with E-state index in [-0.39, 0.29) is 46.2 Å². The minimum absolute atomic E-state index is 0.0701. The van der Waals surface area contributed by atoms with Crippen LogP contribution in [-0.2, 0) is 23.9 Å². The van der Waals surface area contributed by atoms with Crippen LogP contribution in [0.2, 0.25) is 10.0 Å². The zero-order valence-corrected chi connectivity index (χ0v) is 16.1. The minimum atomic E-state index is -0.825. The van der Waals surface area contributed by atoms with Gasteiger partial charge in [-0.05, 0) is 36.5 Å². The summed E-state index contributed by atoms with van der Waals surface area (Å²) in [5.74, 6) is -2.71. The minimum Gasteiger partial charge on any atom is -0.454 e. The lowest BCUT2D eigenvalue weighted by atomic mass is 9.85. The molecule has 0 aromatic heterocycles. The highest BCUT2D eigenvalue weighted by molar-refractivity contribution is 6.35. The van der Waals surface area contributed by atoms with Crippen molar-refractivity contribution in [3.05, 3.63) is 40.4 Å². The van der Waals surface area contributed by atoms with E-state index >= 15 is 0 Å². The summed E-state index contributed by atoms with van der Waals surface area (Å²) >= 11 is 11.8. The maximum atomic E-state index is 12.5. The molecular weight excluding hydrogens is 407 g/mol. The molecule has 3 aliphatic rings. The first-order valence-electron chi connectivity index (χ1n) is 8.79. The van der Waals surface area contributed by atoms with E-state index < -0.39 is 25.0 Å². The summed E-state index contributed by atoms with van der Waals surface area (Å²) in [6, 6.07) is 4.56. The number of benzene rings is 1. The van der Waals surface area contributed by atoms with Crippen molar-refractivity contribution in [2.45, 2.75) is 6.42 Å². The smallest absolute Gasteiger partial charge is 0.326 e. The first-order valence-corrected chi connectivity index (χ1v) is 9.55. The highest BCUT2D eigenvalue weighted by Gasteiger charge is 2.59. The molecule has 2 aliphatic carbocycles. The SMILES string of the molecule is O=C(COC(=O)CN1C(=O)[C@@H]2[C@@H](C1=O)[C@H]1C=C[C@H]2C1)Nc1cc(Cl)ccc1Cl. The number of hydrogen-bond acceptors (Lipinski definition) is 5. The van der Waals surface area contributed by atoms with E-state index in [0.717, 1.165) is 11.3 Å². The van der Waals surface area contributed by atoms with Gasteiger partial charge in [-0.2, -0.15) is 0 Å². The monoisotopic (exact) mass is 422 g/mol. The van der Waals surface area contributed by atoms with E-state index in [2.05, 4.69) is 5.32 Å². The van der Waals surface area contributed by atoms with E-state index in [1.807, 2.05) is 12.2 Å². The van der Waals surface area contributed by atoms with Crippen LogP contribution in [0, 0.1) is 23.7 Å². The first-order chi connectivity index (χ1) is 13.3. The van der Waals surface area contributed by atoms with E-state index in [0.29, 0.717) is 5.02 Å². The van der Waals surface area contributed by atoms with Crippen molar-refractivity contribution in [1.82, 2.24) is 4.90 Å². The lowest BCUT2D eigenvalue weighted by molar-refractivity contribution is -0.154. The summed E-state index contributed by atoms with van der Waals surface area (Å²) in [7, 11) is 0. The summed E-state index contributed by atoms with van der Waals surface area (Å²) < 4.78 is 4.91. The van der Waals surface area contributed by atoms with E-state index in [1.165, 1.54) is 12.1 Å². The van der Waals surface area contributed by atoms with E-state index in [4.69, 9.17) is 27.9 Å². The normalized spacial score (nSPS) is 27.3. The number of halogens is 2. The molecule has 4 rings (SSSR count). The topological polar surface area (TPSA) is 92.8 Å². The van der Waals surface area contributed by atoms with Gasteiger partial charge in [-0.1, -0.05) is 35.4 Å². The number of likely N-dealkylation sites (tertiary alicyclic amines) is 1. The Balaban J connectivity index is 1.30. The third-order valence-electron chi connectivity index (χ3n) is 5.42. The van der Waals surface area contributed by atoms with Crippen LogP contribution in [0.5, 0.6) is 0 Å². The molecule has 3 amide bonds. The Morgan fingerprint density at radius 2 is 1.75 bits per heavy atom. The number of esters is 1. The Bertz CT molecular complexity index is 886. The van der Waals surface area contributed by atoms with Crippen molar-refractivity contribution >= 4 is 52.6 Å². The largest absolute Gasteiger partial charge is 0.454 e. The summed E-state index contributed by atoms with van der Waals surface area (Å²) in [5, 5.41) is 3.15. The lowest BCUT2D eigenvalue weighted by Gasteiger charge is -2.16. The summed E-state index contributed by atoms with van der Waals surface area (Å²) in [6.07, 6.45) is 4.77. The number of carbonyl (C=O) groups excluding carboxylic acids is 4. The van der Waals surface area contributed by atoms with Crippen molar-refractivity contribution in [2.75, 3.05) is 18.5 Å². The van der Waals surface area contributed by atoms with Gasteiger partial charge in [0.15, 0.2) is 6.61 Å². The van der Waals surface area contributed by atoms with Crippen LogP contribution in [-0.4, -0.2) is 41.7 Å². The van der Waals surface area contributed by atoms with Crippen molar-refractivity contribution in [1.29, 1.82) is 0 Å². The molecule has 0 spiro atoms. The van der Waals surface area contributed by atoms with Gasteiger partial charge < -0.3 is 10.1 Å². The maximum Gasteiger partial charge on any atom is 0.326 e. The Hall–Kier alpha value is -2.38. The molecule has 1 aromatic carbocycles. The molecule has 1 N–H and O–H groups in total. The van der Waals surface area contributed by atoms with Gasteiger partial charge in [0.1, 0.15) is 6.54 Å². The number of nitrogens with one attached hydrogen (secondary N) is 1. The second-order valence-electron chi connectivity index (χ2n) is 7.10. The van der Waals surface area contributed by atoms with Gasteiger partial charge in [-0.25, -0.2) is 0 Å². The number of ether oxygens (including phenoxy) is 1. The average Bonchev–Trinajstić information content (AvgIpc) is 3.33. The Labute approximate surface area is 170 Å². The van der Waals surface area contributed by atoms with Crippen molar-refractivity contribution in [3.8, 4) is 0 Å². The predicted molar refractivity (Wildman–Crippen MR) is 100 cm³/mol. The van der Waals surface area contributed by atoms with Crippen LogP contribution in [0.25, 0.3) is 0 Å². The highest BCUT2D eigenvalue weighted by atomic mass is 35.5. The molecular formula is C19H16Cl2N2O5. The van der Waals surface area contributed by atoms with Crippen LogP contribution in [0.4, 0.5) is 5.69 Å². The van der Waals surface area contributed by atoms with Crippen LogP contribution < -0.4 is 5.32 Å². The number of amides is 3.